The zero-order valence-corrected chi connectivity index (χ0v) is 13.0. The lowest BCUT2D eigenvalue weighted by molar-refractivity contribution is 0.355. The smallest absolute Gasteiger partial charge is 0.316 e. The molecule has 0 spiro atoms. The third kappa shape index (κ3) is 3.04. The van der Waals surface area contributed by atoms with E-state index in [0.29, 0.717) is 29.9 Å². The summed E-state index contributed by atoms with van der Waals surface area (Å²) >= 11 is 1.65. The molecular formula is C15H15N3O3S. The molecule has 0 saturated heterocycles. The van der Waals surface area contributed by atoms with Gasteiger partial charge in [0.2, 0.25) is 5.89 Å². The van der Waals surface area contributed by atoms with Crippen molar-refractivity contribution in [2.45, 2.75) is 6.54 Å². The molecule has 114 valence electrons. The Kier molecular flexibility index (Phi) is 4.24. The fourth-order valence-electron chi connectivity index (χ4n) is 1.95. The van der Waals surface area contributed by atoms with Crippen LogP contribution in [0.2, 0.25) is 0 Å². The molecule has 3 aromatic rings. The van der Waals surface area contributed by atoms with E-state index >= 15 is 0 Å². The molecule has 0 fully saturated rings. The van der Waals surface area contributed by atoms with E-state index in [1.807, 2.05) is 17.5 Å². The van der Waals surface area contributed by atoms with E-state index in [0.717, 1.165) is 5.56 Å². The van der Waals surface area contributed by atoms with Crippen molar-refractivity contribution < 1.29 is 13.9 Å². The monoisotopic (exact) mass is 317 g/mol. The third-order valence-electron chi connectivity index (χ3n) is 3.08. The van der Waals surface area contributed by atoms with E-state index in [1.54, 1.807) is 37.7 Å². The highest BCUT2D eigenvalue weighted by molar-refractivity contribution is 7.07. The standard InChI is InChI=1S/C15H15N3O3S/c1-19-12-4-3-11(7-13(12)20-2)14-17-18-15(21-14)16-8-10-5-6-22-9-10/h3-7,9H,8H2,1-2H3,(H,16,18). The molecule has 2 aromatic heterocycles. The second kappa shape index (κ2) is 6.48. The van der Waals surface area contributed by atoms with Gasteiger partial charge in [0.25, 0.3) is 0 Å². The summed E-state index contributed by atoms with van der Waals surface area (Å²) in [5, 5.41) is 15.2. The Morgan fingerprint density at radius 1 is 1.14 bits per heavy atom. The minimum absolute atomic E-state index is 0.385. The molecule has 0 unspecified atom stereocenters. The summed E-state index contributed by atoms with van der Waals surface area (Å²) in [6.45, 7) is 0.650. The van der Waals surface area contributed by atoms with Crippen LogP contribution in [0, 0.1) is 0 Å². The van der Waals surface area contributed by atoms with E-state index in [2.05, 4.69) is 20.9 Å². The normalized spacial score (nSPS) is 10.5. The van der Waals surface area contributed by atoms with Gasteiger partial charge in [0, 0.05) is 12.1 Å². The molecule has 0 aliphatic rings. The first-order valence-corrected chi connectivity index (χ1v) is 7.55. The Morgan fingerprint density at radius 2 is 2.00 bits per heavy atom. The predicted octanol–water partition coefficient (Wildman–Crippen LogP) is 3.43. The number of benzene rings is 1. The number of methoxy groups -OCH3 is 2. The molecule has 0 atom stereocenters. The van der Waals surface area contributed by atoms with Gasteiger partial charge in [-0.05, 0) is 40.6 Å². The quantitative estimate of drug-likeness (QED) is 0.751. The van der Waals surface area contributed by atoms with Crippen molar-refractivity contribution in [1.82, 2.24) is 10.2 Å². The average Bonchev–Trinajstić information content (AvgIpc) is 3.23. The second-order valence-electron chi connectivity index (χ2n) is 4.47. The topological polar surface area (TPSA) is 69.4 Å². The van der Waals surface area contributed by atoms with Gasteiger partial charge in [0.1, 0.15) is 0 Å². The highest BCUT2D eigenvalue weighted by Gasteiger charge is 2.12. The number of aromatic nitrogens is 2. The van der Waals surface area contributed by atoms with Crippen LogP contribution < -0.4 is 14.8 Å². The summed E-state index contributed by atoms with van der Waals surface area (Å²) in [5.74, 6) is 1.70. The van der Waals surface area contributed by atoms with Crippen molar-refractivity contribution in [3.8, 4) is 23.0 Å². The lowest BCUT2D eigenvalue weighted by Gasteiger charge is -2.07. The largest absolute Gasteiger partial charge is 0.493 e. The molecule has 22 heavy (non-hydrogen) atoms. The molecule has 0 radical (unpaired) electrons. The van der Waals surface area contributed by atoms with Crippen LogP contribution >= 0.6 is 11.3 Å². The minimum Gasteiger partial charge on any atom is -0.493 e. The predicted molar refractivity (Wildman–Crippen MR) is 84.5 cm³/mol. The maximum absolute atomic E-state index is 5.61. The fraction of sp³-hybridized carbons (Fsp3) is 0.200. The average molecular weight is 317 g/mol. The zero-order valence-electron chi connectivity index (χ0n) is 12.2. The maximum atomic E-state index is 5.61. The summed E-state index contributed by atoms with van der Waals surface area (Å²) in [6, 6.07) is 7.88. The van der Waals surface area contributed by atoms with E-state index in [1.165, 1.54) is 5.56 Å². The Labute approximate surface area is 131 Å². The summed E-state index contributed by atoms with van der Waals surface area (Å²) in [6.07, 6.45) is 0. The van der Waals surface area contributed by atoms with Crippen molar-refractivity contribution in [2.75, 3.05) is 19.5 Å². The minimum atomic E-state index is 0.385. The van der Waals surface area contributed by atoms with Crippen molar-refractivity contribution >= 4 is 17.4 Å². The lowest BCUT2D eigenvalue weighted by Crippen LogP contribution is -1.97. The molecule has 0 bridgehead atoms. The Balaban J connectivity index is 1.75. The first-order chi connectivity index (χ1) is 10.8. The van der Waals surface area contributed by atoms with E-state index in [-0.39, 0.29) is 0 Å². The molecule has 1 N–H and O–H groups in total. The molecule has 3 rings (SSSR count). The van der Waals surface area contributed by atoms with E-state index in [9.17, 15) is 0 Å². The summed E-state index contributed by atoms with van der Waals surface area (Å²) in [5.41, 5.74) is 1.95. The van der Waals surface area contributed by atoms with Gasteiger partial charge in [0.15, 0.2) is 11.5 Å². The third-order valence-corrected chi connectivity index (χ3v) is 3.81. The SMILES string of the molecule is COc1ccc(-c2nnc(NCc3ccsc3)o2)cc1OC. The fourth-order valence-corrected chi connectivity index (χ4v) is 2.62. The molecule has 0 amide bonds. The van der Waals surface area contributed by atoms with Crippen LogP contribution in [-0.4, -0.2) is 24.4 Å². The van der Waals surface area contributed by atoms with E-state index < -0.39 is 0 Å². The zero-order chi connectivity index (χ0) is 15.4. The van der Waals surface area contributed by atoms with Crippen LogP contribution in [0.5, 0.6) is 11.5 Å². The van der Waals surface area contributed by atoms with Gasteiger partial charge in [-0.1, -0.05) is 5.10 Å². The lowest BCUT2D eigenvalue weighted by atomic mass is 10.2. The molecule has 0 aliphatic heterocycles. The maximum Gasteiger partial charge on any atom is 0.316 e. The van der Waals surface area contributed by atoms with Crippen LogP contribution in [0.15, 0.2) is 39.4 Å². The molecule has 6 nitrogen and oxygen atoms in total. The number of nitrogens with one attached hydrogen (secondary N) is 1. The van der Waals surface area contributed by atoms with Crippen LogP contribution in [0.3, 0.4) is 0 Å². The van der Waals surface area contributed by atoms with Crippen molar-refractivity contribution in [2.24, 2.45) is 0 Å². The van der Waals surface area contributed by atoms with Gasteiger partial charge in [-0.3, -0.25) is 0 Å². The summed E-state index contributed by atoms with van der Waals surface area (Å²) < 4.78 is 16.1. The number of ether oxygens (including phenoxy) is 2. The van der Waals surface area contributed by atoms with Crippen LogP contribution in [0.1, 0.15) is 5.56 Å². The second-order valence-corrected chi connectivity index (χ2v) is 5.25. The highest BCUT2D eigenvalue weighted by Crippen LogP contribution is 2.32. The van der Waals surface area contributed by atoms with Gasteiger partial charge < -0.3 is 19.2 Å². The van der Waals surface area contributed by atoms with Crippen molar-refractivity contribution in [3.63, 3.8) is 0 Å². The number of anilines is 1. The Morgan fingerprint density at radius 3 is 2.73 bits per heavy atom. The highest BCUT2D eigenvalue weighted by atomic mass is 32.1. The molecule has 1 aromatic carbocycles. The van der Waals surface area contributed by atoms with Crippen LogP contribution in [-0.2, 0) is 6.54 Å². The molecule has 0 saturated carbocycles. The molecular weight excluding hydrogens is 302 g/mol. The van der Waals surface area contributed by atoms with Gasteiger partial charge in [0.05, 0.1) is 14.2 Å². The van der Waals surface area contributed by atoms with Gasteiger partial charge in [-0.25, -0.2) is 0 Å². The molecule has 7 heteroatoms. The van der Waals surface area contributed by atoms with Crippen molar-refractivity contribution in [1.29, 1.82) is 0 Å². The first kappa shape index (κ1) is 14.4. The molecule has 2 heterocycles. The van der Waals surface area contributed by atoms with Gasteiger partial charge >= 0.3 is 6.01 Å². The summed E-state index contributed by atoms with van der Waals surface area (Å²) in [7, 11) is 3.18. The number of rotatable bonds is 6. The van der Waals surface area contributed by atoms with Crippen LogP contribution in [0.4, 0.5) is 6.01 Å². The number of hydrogen-bond donors (Lipinski definition) is 1. The van der Waals surface area contributed by atoms with Crippen molar-refractivity contribution in [3.05, 3.63) is 40.6 Å². The number of thiophene rings is 1. The first-order valence-electron chi connectivity index (χ1n) is 6.61. The van der Waals surface area contributed by atoms with E-state index in [4.69, 9.17) is 13.9 Å². The van der Waals surface area contributed by atoms with Crippen LogP contribution in [0.25, 0.3) is 11.5 Å². The van der Waals surface area contributed by atoms with Gasteiger partial charge in [-0.2, -0.15) is 11.3 Å². The number of hydrogen-bond acceptors (Lipinski definition) is 7. The van der Waals surface area contributed by atoms with Gasteiger partial charge in [-0.15, -0.1) is 5.10 Å². The Bertz CT molecular complexity index is 740. The molecule has 0 aliphatic carbocycles. The summed E-state index contributed by atoms with van der Waals surface area (Å²) in [4.78, 5) is 0. The Hall–Kier alpha value is -2.54. The number of nitrogens with zero attached hydrogens (tertiary/aromatic N) is 2.